The van der Waals surface area contributed by atoms with Gasteiger partial charge in [-0.15, -0.1) is 0 Å². The third kappa shape index (κ3) is 5.01. The Morgan fingerprint density at radius 3 is 2.34 bits per heavy atom. The van der Waals surface area contributed by atoms with Crippen molar-refractivity contribution in [2.24, 2.45) is 0 Å². The van der Waals surface area contributed by atoms with Crippen LogP contribution in [0.1, 0.15) is 26.3 Å². The van der Waals surface area contributed by atoms with E-state index in [2.05, 4.69) is 10.4 Å². The van der Waals surface area contributed by atoms with Gasteiger partial charge in [0.1, 0.15) is 0 Å². The summed E-state index contributed by atoms with van der Waals surface area (Å²) in [5, 5.41) is 6.76. The Labute approximate surface area is 170 Å². The molecular formula is C19H25N5O4S. The molecule has 3 rings (SSSR count). The highest BCUT2D eigenvalue weighted by molar-refractivity contribution is 7.89. The zero-order chi connectivity index (χ0) is 21.0. The third-order valence-corrected chi connectivity index (χ3v) is 6.76. The van der Waals surface area contributed by atoms with Crippen LogP contribution in [0.2, 0.25) is 0 Å². The number of hydrogen-bond acceptors (Lipinski definition) is 5. The van der Waals surface area contributed by atoms with Crippen LogP contribution in [0.25, 0.3) is 0 Å². The third-order valence-electron chi connectivity index (χ3n) is 4.85. The maximum Gasteiger partial charge on any atom is 0.243 e. The topological polar surface area (TPSA) is 105 Å². The van der Waals surface area contributed by atoms with Crippen molar-refractivity contribution in [2.45, 2.75) is 31.2 Å². The predicted molar refractivity (Wildman–Crippen MR) is 108 cm³/mol. The lowest BCUT2D eigenvalue weighted by Gasteiger charge is -2.34. The first kappa shape index (κ1) is 21.0. The summed E-state index contributed by atoms with van der Waals surface area (Å²) in [6.07, 6.45) is 3.81. The molecule has 0 aliphatic carbocycles. The summed E-state index contributed by atoms with van der Waals surface area (Å²) in [5.74, 6) is -0.229. The minimum Gasteiger partial charge on any atom is -0.340 e. The van der Waals surface area contributed by atoms with Gasteiger partial charge in [0.25, 0.3) is 0 Å². The number of amides is 2. The molecular weight excluding hydrogens is 394 g/mol. The van der Waals surface area contributed by atoms with Gasteiger partial charge in [-0.25, -0.2) is 8.42 Å². The van der Waals surface area contributed by atoms with Crippen molar-refractivity contribution in [1.82, 2.24) is 19.0 Å². The number of nitrogens with one attached hydrogen (secondary N) is 1. The van der Waals surface area contributed by atoms with Gasteiger partial charge < -0.3 is 10.2 Å². The second kappa shape index (κ2) is 8.75. The van der Waals surface area contributed by atoms with Gasteiger partial charge in [0, 0.05) is 57.6 Å². The number of sulfonamides is 1. The van der Waals surface area contributed by atoms with Gasteiger partial charge in [0.15, 0.2) is 0 Å². The van der Waals surface area contributed by atoms with Crippen LogP contribution in [0.3, 0.4) is 0 Å². The lowest BCUT2D eigenvalue weighted by molar-refractivity contribution is -0.133. The van der Waals surface area contributed by atoms with E-state index in [4.69, 9.17) is 0 Å². The quantitative estimate of drug-likeness (QED) is 0.761. The highest BCUT2D eigenvalue weighted by Crippen LogP contribution is 2.21. The zero-order valence-electron chi connectivity index (χ0n) is 16.5. The Bertz CT molecular complexity index is 949. The van der Waals surface area contributed by atoms with Crippen LogP contribution in [-0.2, 0) is 19.6 Å². The van der Waals surface area contributed by atoms with Crippen LogP contribution < -0.4 is 5.32 Å². The first-order valence-electron chi connectivity index (χ1n) is 9.42. The first-order chi connectivity index (χ1) is 13.8. The van der Waals surface area contributed by atoms with E-state index >= 15 is 0 Å². The second-order valence-corrected chi connectivity index (χ2v) is 8.97. The summed E-state index contributed by atoms with van der Waals surface area (Å²) in [6.45, 7) is 4.52. The number of carbonyl (C=O) groups is 2. The van der Waals surface area contributed by atoms with Crippen LogP contribution in [-0.4, -0.2) is 65.4 Å². The van der Waals surface area contributed by atoms with Gasteiger partial charge in [-0.2, -0.15) is 9.40 Å². The monoisotopic (exact) mass is 419 g/mol. The highest BCUT2D eigenvalue weighted by atomic mass is 32.2. The van der Waals surface area contributed by atoms with Crippen molar-refractivity contribution in [2.75, 3.05) is 31.5 Å². The summed E-state index contributed by atoms with van der Waals surface area (Å²) < 4.78 is 28.8. The number of piperazine rings is 1. The summed E-state index contributed by atoms with van der Waals surface area (Å²) in [6, 6.07) is 7.83. The van der Waals surface area contributed by atoms with E-state index in [0.29, 0.717) is 25.2 Å². The molecule has 1 fully saturated rings. The molecule has 2 heterocycles. The normalized spacial score (nSPS) is 16.4. The average Bonchev–Trinajstić information content (AvgIpc) is 3.23. The fraction of sp³-hybridized carbons (Fsp3) is 0.421. The van der Waals surface area contributed by atoms with E-state index < -0.39 is 10.0 Å². The Morgan fingerprint density at radius 2 is 1.79 bits per heavy atom. The molecule has 29 heavy (non-hydrogen) atoms. The predicted octanol–water partition coefficient (Wildman–Crippen LogP) is 1.33. The molecule has 1 N–H and O–H groups in total. The standard InChI is InChI=1S/C19H25N5O4S/c1-15(24-9-3-8-20-24)14-19(26)22-10-12-23(13-11-22)29(27,28)18-6-4-17(5-7-18)21-16(2)25/h3-9,15H,10-14H2,1-2H3,(H,21,25). The molecule has 2 aromatic rings. The summed E-state index contributed by atoms with van der Waals surface area (Å²) in [4.78, 5) is 25.5. The smallest absolute Gasteiger partial charge is 0.243 e. The number of anilines is 1. The maximum atomic E-state index is 12.9. The molecule has 0 saturated carbocycles. The lowest BCUT2D eigenvalue weighted by atomic mass is 10.2. The van der Waals surface area contributed by atoms with Gasteiger partial charge in [-0.3, -0.25) is 14.3 Å². The molecule has 0 radical (unpaired) electrons. The lowest BCUT2D eigenvalue weighted by Crippen LogP contribution is -2.50. The van der Waals surface area contributed by atoms with Gasteiger partial charge in [0.05, 0.1) is 10.9 Å². The molecule has 9 nitrogen and oxygen atoms in total. The van der Waals surface area contributed by atoms with Gasteiger partial charge in [-0.1, -0.05) is 0 Å². The van der Waals surface area contributed by atoms with Crippen LogP contribution in [0.5, 0.6) is 0 Å². The molecule has 1 aliphatic rings. The van der Waals surface area contributed by atoms with E-state index in [1.54, 1.807) is 27.9 Å². The highest BCUT2D eigenvalue weighted by Gasteiger charge is 2.30. The van der Waals surface area contributed by atoms with Gasteiger partial charge >= 0.3 is 0 Å². The molecule has 1 unspecified atom stereocenters. The van der Waals surface area contributed by atoms with E-state index in [1.807, 2.05) is 19.2 Å². The summed E-state index contributed by atoms with van der Waals surface area (Å²) in [5.41, 5.74) is 0.540. The molecule has 1 aliphatic heterocycles. The average molecular weight is 420 g/mol. The number of aromatic nitrogens is 2. The maximum absolute atomic E-state index is 12.9. The second-order valence-electron chi connectivity index (χ2n) is 7.03. The van der Waals surface area contributed by atoms with Crippen LogP contribution in [0.15, 0.2) is 47.6 Å². The number of benzene rings is 1. The van der Waals surface area contributed by atoms with E-state index in [1.165, 1.54) is 23.4 Å². The van der Waals surface area contributed by atoms with Gasteiger partial charge in [0.2, 0.25) is 21.8 Å². The SMILES string of the molecule is CC(=O)Nc1ccc(S(=O)(=O)N2CCN(C(=O)CC(C)n3cccn3)CC2)cc1. The van der Waals surface area contributed by atoms with Crippen molar-refractivity contribution in [3.8, 4) is 0 Å². The van der Waals surface area contributed by atoms with Crippen molar-refractivity contribution < 1.29 is 18.0 Å². The molecule has 1 atom stereocenters. The molecule has 2 amide bonds. The zero-order valence-corrected chi connectivity index (χ0v) is 17.3. The number of nitrogens with zero attached hydrogens (tertiary/aromatic N) is 4. The molecule has 0 spiro atoms. The van der Waals surface area contributed by atoms with Crippen molar-refractivity contribution in [1.29, 1.82) is 0 Å². The molecule has 0 bridgehead atoms. The number of rotatable bonds is 6. The van der Waals surface area contributed by atoms with Crippen molar-refractivity contribution in [3.63, 3.8) is 0 Å². The van der Waals surface area contributed by atoms with E-state index in [9.17, 15) is 18.0 Å². The Morgan fingerprint density at radius 1 is 1.14 bits per heavy atom. The molecule has 1 saturated heterocycles. The van der Waals surface area contributed by atoms with E-state index in [0.717, 1.165) is 0 Å². The Hall–Kier alpha value is -2.72. The van der Waals surface area contributed by atoms with Crippen molar-refractivity contribution in [3.05, 3.63) is 42.7 Å². The van der Waals surface area contributed by atoms with Crippen LogP contribution in [0, 0.1) is 0 Å². The number of carbonyl (C=O) groups excluding carboxylic acids is 2. The molecule has 156 valence electrons. The fourth-order valence-corrected chi connectivity index (χ4v) is 4.68. The molecule has 10 heteroatoms. The summed E-state index contributed by atoms with van der Waals surface area (Å²) >= 11 is 0. The molecule has 1 aromatic carbocycles. The molecule has 1 aromatic heterocycles. The van der Waals surface area contributed by atoms with Gasteiger partial charge in [-0.05, 0) is 37.3 Å². The Kier molecular flexibility index (Phi) is 6.33. The van der Waals surface area contributed by atoms with E-state index in [-0.39, 0.29) is 35.8 Å². The summed E-state index contributed by atoms with van der Waals surface area (Å²) in [7, 11) is -3.65. The van der Waals surface area contributed by atoms with Crippen LogP contribution in [0.4, 0.5) is 5.69 Å². The minimum absolute atomic E-state index is 0.00953. The van der Waals surface area contributed by atoms with Crippen LogP contribution >= 0.6 is 0 Å². The Balaban J connectivity index is 1.57. The largest absolute Gasteiger partial charge is 0.340 e. The van der Waals surface area contributed by atoms with Crippen molar-refractivity contribution >= 4 is 27.5 Å². The minimum atomic E-state index is -3.65. The fourth-order valence-electron chi connectivity index (χ4n) is 3.26. The first-order valence-corrected chi connectivity index (χ1v) is 10.9. The number of hydrogen-bond donors (Lipinski definition) is 1.